The summed E-state index contributed by atoms with van der Waals surface area (Å²) in [7, 11) is 3.41. The number of ether oxygens (including phenoxy) is 2. The Morgan fingerprint density at radius 3 is 2.20 bits per heavy atom. The first-order valence-corrected chi connectivity index (χ1v) is 10.9. The number of carbonyl (C=O) groups is 2. The zero-order chi connectivity index (χ0) is 24.9. The van der Waals surface area contributed by atoms with E-state index in [1.165, 1.54) is 25.3 Å². The fourth-order valence-electron chi connectivity index (χ4n) is 3.39. The molecule has 0 spiro atoms. The molecule has 0 aliphatic heterocycles. The third kappa shape index (κ3) is 5.59. The van der Waals surface area contributed by atoms with E-state index in [2.05, 4.69) is 4.98 Å². The molecule has 1 N–H and O–H groups in total. The van der Waals surface area contributed by atoms with Gasteiger partial charge in [-0.05, 0) is 66.7 Å². The lowest BCUT2D eigenvalue weighted by molar-refractivity contribution is 0.0696. The Labute approximate surface area is 207 Å². The van der Waals surface area contributed by atoms with Crippen LogP contribution in [-0.4, -0.2) is 36.0 Å². The van der Waals surface area contributed by atoms with Gasteiger partial charge in [0, 0.05) is 29.4 Å². The molecule has 7 nitrogen and oxygen atoms in total. The molecule has 0 saturated heterocycles. The van der Waals surface area contributed by atoms with Crippen LogP contribution in [0, 0.1) is 0 Å². The number of nitrogens with zero attached hydrogens (tertiary/aromatic N) is 2. The van der Waals surface area contributed by atoms with E-state index in [-0.39, 0.29) is 22.6 Å². The molecule has 0 fully saturated rings. The van der Waals surface area contributed by atoms with E-state index >= 15 is 0 Å². The maximum absolute atomic E-state index is 13.2. The van der Waals surface area contributed by atoms with Gasteiger partial charge in [-0.3, -0.25) is 9.78 Å². The first kappa shape index (κ1) is 23.8. The van der Waals surface area contributed by atoms with Crippen LogP contribution in [0.5, 0.6) is 17.2 Å². The van der Waals surface area contributed by atoms with Crippen molar-refractivity contribution in [1.29, 1.82) is 0 Å². The molecule has 0 radical (unpaired) electrons. The maximum atomic E-state index is 13.2. The van der Waals surface area contributed by atoms with Crippen molar-refractivity contribution in [2.24, 2.45) is 0 Å². The monoisotopic (exact) mass is 488 g/mol. The van der Waals surface area contributed by atoms with Gasteiger partial charge in [0.2, 0.25) is 5.78 Å². The van der Waals surface area contributed by atoms with Gasteiger partial charge >= 0.3 is 5.97 Å². The number of ketones is 1. The van der Waals surface area contributed by atoms with Crippen LogP contribution in [0.4, 0.5) is 11.4 Å². The molecule has 0 aliphatic carbocycles. The number of rotatable bonds is 8. The van der Waals surface area contributed by atoms with Crippen molar-refractivity contribution < 1.29 is 24.2 Å². The van der Waals surface area contributed by atoms with Gasteiger partial charge in [0.15, 0.2) is 0 Å². The van der Waals surface area contributed by atoms with E-state index in [0.29, 0.717) is 16.5 Å². The molecular formula is C27H21ClN2O5. The summed E-state index contributed by atoms with van der Waals surface area (Å²) >= 11 is 5.96. The van der Waals surface area contributed by atoms with Crippen molar-refractivity contribution in [3.8, 4) is 17.2 Å². The zero-order valence-electron chi connectivity index (χ0n) is 18.9. The number of halogens is 1. The maximum Gasteiger partial charge on any atom is 0.335 e. The van der Waals surface area contributed by atoms with Crippen LogP contribution in [0.3, 0.4) is 0 Å². The van der Waals surface area contributed by atoms with Gasteiger partial charge in [0.05, 0.1) is 24.6 Å². The Morgan fingerprint density at radius 1 is 0.857 bits per heavy atom. The average molecular weight is 489 g/mol. The highest BCUT2D eigenvalue weighted by Gasteiger charge is 2.17. The predicted molar refractivity (Wildman–Crippen MR) is 134 cm³/mol. The first-order chi connectivity index (χ1) is 16.8. The lowest BCUT2D eigenvalue weighted by atomic mass is 10.0. The summed E-state index contributed by atoms with van der Waals surface area (Å²) in [4.78, 5) is 31.0. The second-order valence-electron chi connectivity index (χ2n) is 7.60. The van der Waals surface area contributed by atoms with E-state index in [4.69, 9.17) is 21.1 Å². The van der Waals surface area contributed by atoms with Crippen LogP contribution < -0.4 is 14.4 Å². The van der Waals surface area contributed by atoms with Crippen molar-refractivity contribution in [3.05, 3.63) is 107 Å². The zero-order valence-corrected chi connectivity index (χ0v) is 19.7. The van der Waals surface area contributed by atoms with Gasteiger partial charge in [-0.2, -0.15) is 0 Å². The molecule has 176 valence electrons. The minimum atomic E-state index is -1.18. The molecule has 3 aromatic carbocycles. The number of hydrogen-bond acceptors (Lipinski definition) is 6. The van der Waals surface area contributed by atoms with Gasteiger partial charge < -0.3 is 19.5 Å². The molecule has 4 rings (SSSR count). The van der Waals surface area contributed by atoms with Crippen LogP contribution in [0.25, 0.3) is 0 Å². The molecule has 0 bridgehead atoms. The lowest BCUT2D eigenvalue weighted by Crippen LogP contribution is -2.11. The molecular weight excluding hydrogens is 468 g/mol. The van der Waals surface area contributed by atoms with Crippen LogP contribution >= 0.6 is 11.6 Å². The standard InChI is InChI=1S/C27H21ClN2O5/c1-30(20-8-6-19(28)7-9-20)21-10-11-25(29-16-21)26(31)17-12-18(27(32)33)14-24(13-17)35-23-5-3-4-22(15-23)34-2/h3-16H,1-2H3,(H,32,33). The van der Waals surface area contributed by atoms with Gasteiger partial charge in [-0.15, -0.1) is 0 Å². The number of benzene rings is 3. The van der Waals surface area contributed by atoms with Crippen molar-refractivity contribution in [2.45, 2.75) is 0 Å². The molecule has 0 atom stereocenters. The summed E-state index contributed by atoms with van der Waals surface area (Å²) in [5.41, 5.74) is 1.92. The summed E-state index contributed by atoms with van der Waals surface area (Å²) < 4.78 is 11.0. The fourth-order valence-corrected chi connectivity index (χ4v) is 3.52. The Morgan fingerprint density at radius 2 is 1.54 bits per heavy atom. The van der Waals surface area contributed by atoms with Gasteiger partial charge in [-0.25, -0.2) is 4.79 Å². The van der Waals surface area contributed by atoms with Gasteiger partial charge in [-0.1, -0.05) is 17.7 Å². The van der Waals surface area contributed by atoms with Crippen molar-refractivity contribution in [2.75, 3.05) is 19.1 Å². The fraction of sp³-hybridized carbons (Fsp3) is 0.0741. The minimum absolute atomic E-state index is 0.0761. The second-order valence-corrected chi connectivity index (χ2v) is 8.03. The molecule has 0 saturated carbocycles. The average Bonchev–Trinajstić information content (AvgIpc) is 2.88. The number of carboxylic acid groups (broad SMARTS) is 1. The second kappa shape index (κ2) is 10.3. The van der Waals surface area contributed by atoms with Gasteiger partial charge in [0.1, 0.15) is 22.9 Å². The smallest absolute Gasteiger partial charge is 0.335 e. The molecule has 0 unspecified atom stereocenters. The largest absolute Gasteiger partial charge is 0.497 e. The number of hydrogen-bond donors (Lipinski definition) is 1. The quantitative estimate of drug-likeness (QED) is 0.294. The molecule has 0 amide bonds. The predicted octanol–water partition coefficient (Wildman–Crippen LogP) is 6.23. The molecule has 35 heavy (non-hydrogen) atoms. The summed E-state index contributed by atoms with van der Waals surface area (Å²) in [5.74, 6) is -0.369. The van der Waals surface area contributed by atoms with Crippen LogP contribution in [0.15, 0.2) is 85.1 Å². The Balaban J connectivity index is 1.60. The normalized spacial score (nSPS) is 10.5. The van der Waals surface area contributed by atoms with Crippen LogP contribution in [0.2, 0.25) is 5.02 Å². The van der Waals surface area contributed by atoms with Crippen molar-refractivity contribution in [1.82, 2.24) is 4.98 Å². The number of aromatic nitrogens is 1. The number of aromatic carboxylic acids is 1. The Hall–Kier alpha value is -4.36. The summed E-state index contributed by atoms with van der Waals surface area (Å²) in [5, 5.41) is 10.2. The number of anilines is 2. The summed E-state index contributed by atoms with van der Waals surface area (Å²) in [6.45, 7) is 0. The van der Waals surface area contributed by atoms with Crippen LogP contribution in [-0.2, 0) is 0 Å². The summed E-state index contributed by atoms with van der Waals surface area (Å²) in [6.07, 6.45) is 1.58. The van der Waals surface area contributed by atoms with E-state index in [0.717, 1.165) is 11.4 Å². The number of pyridine rings is 1. The van der Waals surface area contributed by atoms with E-state index in [1.807, 2.05) is 24.1 Å². The van der Waals surface area contributed by atoms with E-state index < -0.39 is 11.8 Å². The van der Waals surface area contributed by atoms with Crippen molar-refractivity contribution in [3.63, 3.8) is 0 Å². The van der Waals surface area contributed by atoms with E-state index in [9.17, 15) is 14.7 Å². The van der Waals surface area contributed by atoms with Crippen LogP contribution in [0.1, 0.15) is 26.4 Å². The minimum Gasteiger partial charge on any atom is -0.497 e. The molecule has 4 aromatic rings. The van der Waals surface area contributed by atoms with Gasteiger partial charge in [0.25, 0.3) is 0 Å². The molecule has 1 aromatic heterocycles. The number of methoxy groups -OCH3 is 1. The number of carbonyl (C=O) groups excluding carboxylic acids is 1. The molecule has 0 aliphatic rings. The summed E-state index contributed by atoms with van der Waals surface area (Å²) in [6, 6.07) is 21.7. The van der Waals surface area contributed by atoms with Crippen molar-refractivity contribution >= 4 is 34.7 Å². The number of carboxylic acids is 1. The third-order valence-corrected chi connectivity index (χ3v) is 5.53. The topological polar surface area (TPSA) is 89.0 Å². The third-order valence-electron chi connectivity index (χ3n) is 5.27. The Bertz CT molecular complexity index is 1370. The molecule has 1 heterocycles. The highest BCUT2D eigenvalue weighted by Crippen LogP contribution is 2.29. The Kier molecular flexibility index (Phi) is 6.98. The van der Waals surface area contributed by atoms with E-state index in [1.54, 1.807) is 54.7 Å². The SMILES string of the molecule is COc1cccc(Oc2cc(C(=O)O)cc(C(=O)c3ccc(N(C)c4ccc(Cl)cc4)cn3)c2)c1. The highest BCUT2D eigenvalue weighted by molar-refractivity contribution is 6.30. The highest BCUT2D eigenvalue weighted by atomic mass is 35.5. The first-order valence-electron chi connectivity index (χ1n) is 10.5. The lowest BCUT2D eigenvalue weighted by Gasteiger charge is -2.19. The molecule has 8 heteroatoms.